The van der Waals surface area contributed by atoms with Crippen LogP contribution in [-0.4, -0.2) is 13.1 Å². The van der Waals surface area contributed by atoms with Gasteiger partial charge in [-0.15, -0.1) is 11.3 Å². The SMILES string of the molecule is COCc1cccc(C(=O)OCc2ccc(Cl)s2)c1. The van der Waals surface area contributed by atoms with Crippen molar-refractivity contribution in [2.75, 3.05) is 7.11 Å². The molecule has 0 saturated carbocycles. The molecule has 100 valence electrons. The third-order valence-corrected chi connectivity index (χ3v) is 3.65. The summed E-state index contributed by atoms with van der Waals surface area (Å²) in [5, 5.41) is 0. The van der Waals surface area contributed by atoms with Crippen LogP contribution < -0.4 is 0 Å². The molecule has 0 fully saturated rings. The smallest absolute Gasteiger partial charge is 0.338 e. The predicted octanol–water partition coefficient (Wildman–Crippen LogP) is 3.90. The van der Waals surface area contributed by atoms with Crippen LogP contribution in [0.5, 0.6) is 0 Å². The number of halogens is 1. The van der Waals surface area contributed by atoms with E-state index in [1.54, 1.807) is 25.3 Å². The van der Waals surface area contributed by atoms with Crippen molar-refractivity contribution in [2.24, 2.45) is 0 Å². The van der Waals surface area contributed by atoms with Crippen LogP contribution in [0.3, 0.4) is 0 Å². The third kappa shape index (κ3) is 4.06. The van der Waals surface area contributed by atoms with Crippen LogP contribution in [0.15, 0.2) is 36.4 Å². The summed E-state index contributed by atoms with van der Waals surface area (Å²) in [5.41, 5.74) is 1.47. The van der Waals surface area contributed by atoms with E-state index < -0.39 is 0 Å². The molecule has 0 radical (unpaired) electrons. The molecule has 0 spiro atoms. The van der Waals surface area contributed by atoms with E-state index in [1.165, 1.54) is 11.3 Å². The molecule has 19 heavy (non-hydrogen) atoms. The molecule has 0 amide bonds. The van der Waals surface area contributed by atoms with Crippen molar-refractivity contribution in [1.82, 2.24) is 0 Å². The Labute approximate surface area is 120 Å². The molecule has 0 aliphatic heterocycles. The van der Waals surface area contributed by atoms with Crippen molar-refractivity contribution < 1.29 is 14.3 Å². The lowest BCUT2D eigenvalue weighted by Gasteiger charge is -2.05. The highest BCUT2D eigenvalue weighted by atomic mass is 35.5. The summed E-state index contributed by atoms with van der Waals surface area (Å²) >= 11 is 7.22. The van der Waals surface area contributed by atoms with Crippen molar-refractivity contribution in [2.45, 2.75) is 13.2 Å². The van der Waals surface area contributed by atoms with Crippen LogP contribution >= 0.6 is 22.9 Å². The molecule has 2 aromatic rings. The Bertz CT molecular complexity index is 565. The maximum absolute atomic E-state index is 11.9. The van der Waals surface area contributed by atoms with E-state index in [2.05, 4.69) is 0 Å². The number of rotatable bonds is 5. The molecule has 1 aromatic carbocycles. The van der Waals surface area contributed by atoms with Crippen LogP contribution in [0.4, 0.5) is 0 Å². The molecule has 0 aliphatic rings. The number of benzene rings is 1. The first-order valence-corrected chi connectivity index (χ1v) is 6.87. The first-order valence-electron chi connectivity index (χ1n) is 5.68. The van der Waals surface area contributed by atoms with Gasteiger partial charge in [0, 0.05) is 12.0 Å². The Morgan fingerprint density at radius 3 is 2.79 bits per heavy atom. The highest BCUT2D eigenvalue weighted by Crippen LogP contribution is 2.22. The van der Waals surface area contributed by atoms with E-state index in [9.17, 15) is 4.79 Å². The van der Waals surface area contributed by atoms with E-state index in [-0.39, 0.29) is 12.6 Å². The number of carbonyl (C=O) groups excluding carboxylic acids is 1. The minimum atomic E-state index is -0.345. The molecule has 0 saturated heterocycles. The lowest BCUT2D eigenvalue weighted by atomic mass is 10.1. The number of hydrogen-bond acceptors (Lipinski definition) is 4. The Hall–Kier alpha value is -1.36. The number of ether oxygens (including phenoxy) is 2. The Morgan fingerprint density at radius 2 is 2.11 bits per heavy atom. The number of carbonyl (C=O) groups is 1. The largest absolute Gasteiger partial charge is 0.456 e. The van der Waals surface area contributed by atoms with E-state index in [1.807, 2.05) is 18.2 Å². The molecular weight excluding hydrogens is 284 g/mol. The van der Waals surface area contributed by atoms with Crippen molar-refractivity contribution in [3.63, 3.8) is 0 Å². The van der Waals surface area contributed by atoms with Crippen LogP contribution in [0.25, 0.3) is 0 Å². The average molecular weight is 297 g/mol. The maximum atomic E-state index is 11.9. The molecular formula is C14H13ClO3S. The Morgan fingerprint density at radius 1 is 1.26 bits per heavy atom. The quantitative estimate of drug-likeness (QED) is 0.785. The van der Waals surface area contributed by atoms with Crippen molar-refractivity contribution >= 4 is 28.9 Å². The summed E-state index contributed by atoms with van der Waals surface area (Å²) in [4.78, 5) is 12.8. The summed E-state index contributed by atoms with van der Waals surface area (Å²) in [6, 6.07) is 10.8. The van der Waals surface area contributed by atoms with Crippen molar-refractivity contribution in [1.29, 1.82) is 0 Å². The first-order chi connectivity index (χ1) is 9.19. The Kier molecular flexibility index (Phi) is 4.96. The van der Waals surface area contributed by atoms with E-state index >= 15 is 0 Å². The van der Waals surface area contributed by atoms with E-state index in [0.29, 0.717) is 16.5 Å². The number of hydrogen-bond donors (Lipinski definition) is 0. The van der Waals surface area contributed by atoms with Gasteiger partial charge in [0.25, 0.3) is 0 Å². The molecule has 1 aromatic heterocycles. The van der Waals surface area contributed by atoms with Gasteiger partial charge in [-0.1, -0.05) is 23.7 Å². The summed E-state index contributed by atoms with van der Waals surface area (Å²) in [6.45, 7) is 0.715. The normalized spacial score (nSPS) is 10.4. The van der Waals surface area contributed by atoms with Gasteiger partial charge in [0.1, 0.15) is 6.61 Å². The van der Waals surface area contributed by atoms with Gasteiger partial charge in [-0.25, -0.2) is 4.79 Å². The standard InChI is InChI=1S/C14H13ClO3S/c1-17-8-10-3-2-4-11(7-10)14(16)18-9-12-5-6-13(15)19-12/h2-7H,8-9H2,1H3. The second-order valence-corrected chi connectivity index (χ2v) is 5.71. The van der Waals surface area contributed by atoms with Crippen LogP contribution in [0.2, 0.25) is 4.34 Å². The molecule has 2 rings (SSSR count). The highest BCUT2D eigenvalue weighted by molar-refractivity contribution is 7.16. The average Bonchev–Trinajstić information content (AvgIpc) is 2.82. The van der Waals surface area contributed by atoms with Gasteiger partial charge in [-0.05, 0) is 29.8 Å². The van der Waals surface area contributed by atoms with Crippen LogP contribution in [0.1, 0.15) is 20.8 Å². The zero-order valence-electron chi connectivity index (χ0n) is 10.4. The minimum absolute atomic E-state index is 0.241. The predicted molar refractivity (Wildman–Crippen MR) is 75.6 cm³/mol. The van der Waals surface area contributed by atoms with Crippen molar-refractivity contribution in [3.8, 4) is 0 Å². The fraction of sp³-hybridized carbons (Fsp3) is 0.214. The highest BCUT2D eigenvalue weighted by Gasteiger charge is 2.09. The third-order valence-electron chi connectivity index (χ3n) is 2.45. The number of thiophene rings is 1. The van der Waals surface area contributed by atoms with Gasteiger partial charge in [-0.2, -0.15) is 0 Å². The second-order valence-electron chi connectivity index (χ2n) is 3.92. The molecule has 0 bridgehead atoms. The number of methoxy groups -OCH3 is 1. The fourth-order valence-electron chi connectivity index (χ4n) is 1.60. The lowest BCUT2D eigenvalue weighted by Crippen LogP contribution is -2.05. The maximum Gasteiger partial charge on any atom is 0.338 e. The van der Waals surface area contributed by atoms with Gasteiger partial charge in [0.2, 0.25) is 0 Å². The second kappa shape index (κ2) is 6.70. The summed E-state index contributed by atoms with van der Waals surface area (Å²) in [6.07, 6.45) is 0. The molecule has 5 heteroatoms. The monoisotopic (exact) mass is 296 g/mol. The lowest BCUT2D eigenvalue weighted by molar-refractivity contribution is 0.0476. The van der Waals surface area contributed by atoms with E-state index in [0.717, 1.165) is 10.4 Å². The summed E-state index contributed by atoms with van der Waals surface area (Å²) in [5.74, 6) is -0.345. The molecule has 0 unspecified atom stereocenters. The van der Waals surface area contributed by atoms with Crippen molar-refractivity contribution in [3.05, 3.63) is 56.7 Å². The van der Waals surface area contributed by atoms with Crippen LogP contribution in [0, 0.1) is 0 Å². The van der Waals surface area contributed by atoms with Gasteiger partial charge >= 0.3 is 5.97 Å². The van der Waals surface area contributed by atoms with Gasteiger partial charge in [-0.3, -0.25) is 0 Å². The molecule has 0 atom stereocenters. The van der Waals surface area contributed by atoms with E-state index in [4.69, 9.17) is 21.1 Å². The summed E-state index contributed by atoms with van der Waals surface area (Å²) in [7, 11) is 1.62. The molecule has 1 heterocycles. The molecule has 0 N–H and O–H groups in total. The summed E-state index contributed by atoms with van der Waals surface area (Å²) < 4.78 is 11.0. The zero-order valence-corrected chi connectivity index (χ0v) is 12.0. The minimum Gasteiger partial charge on any atom is -0.456 e. The van der Waals surface area contributed by atoms with Gasteiger partial charge < -0.3 is 9.47 Å². The Balaban J connectivity index is 1.97. The number of esters is 1. The zero-order chi connectivity index (χ0) is 13.7. The fourth-order valence-corrected chi connectivity index (χ4v) is 2.60. The first kappa shape index (κ1) is 14.1. The topological polar surface area (TPSA) is 35.5 Å². The van der Waals surface area contributed by atoms with Gasteiger partial charge in [0.05, 0.1) is 16.5 Å². The molecule has 0 aliphatic carbocycles. The molecule has 3 nitrogen and oxygen atoms in total. The van der Waals surface area contributed by atoms with Crippen LogP contribution in [-0.2, 0) is 22.7 Å². The van der Waals surface area contributed by atoms with Gasteiger partial charge in [0.15, 0.2) is 0 Å².